The number of carbonyl (C=O) groups excluding carboxylic acids is 11. The summed E-state index contributed by atoms with van der Waals surface area (Å²) in [4.78, 5) is 162. The van der Waals surface area contributed by atoms with E-state index in [1.165, 1.54) is 29.2 Å². The average molecular weight is 1270 g/mol. The molecule has 0 aromatic heterocycles. The molecular weight excluding hydrogens is 1180 g/mol. The van der Waals surface area contributed by atoms with Crippen molar-refractivity contribution in [2.45, 2.75) is 166 Å². The number of hydrogen-bond acceptors (Lipinski definition) is 14. The Hall–Kier alpha value is -9.23. The predicted octanol–water partition coefficient (Wildman–Crippen LogP) is 0.380. The van der Waals surface area contributed by atoms with Crippen molar-refractivity contribution in [3.63, 3.8) is 0 Å². The van der Waals surface area contributed by atoms with Gasteiger partial charge in [-0.15, -0.1) is 0 Å². The van der Waals surface area contributed by atoms with Gasteiger partial charge in [0.15, 0.2) is 0 Å². The van der Waals surface area contributed by atoms with Gasteiger partial charge < -0.3 is 74.0 Å². The predicted molar refractivity (Wildman–Crippen MR) is 342 cm³/mol. The number of nitrogens with one attached hydrogen (secondary N) is 10. The molecule has 0 saturated carbocycles. The molecule has 2 fully saturated rings. The van der Waals surface area contributed by atoms with Gasteiger partial charge in [-0.05, 0) is 91.3 Å². The lowest BCUT2D eigenvalue weighted by Crippen LogP contribution is -2.62. The molecule has 6 rings (SSSR count). The van der Waals surface area contributed by atoms with Gasteiger partial charge in [-0.2, -0.15) is 0 Å². The lowest BCUT2D eigenvalue weighted by atomic mass is 9.98. The Morgan fingerprint density at radius 3 is 1.43 bits per heavy atom. The third kappa shape index (κ3) is 22.0. The van der Waals surface area contributed by atoms with E-state index in [-0.39, 0.29) is 82.7 Å². The van der Waals surface area contributed by atoms with Crippen molar-refractivity contribution >= 4 is 65.0 Å². The number of carbonyl (C=O) groups is 11. The lowest BCUT2D eigenvalue weighted by Gasteiger charge is -2.31. The van der Waals surface area contributed by atoms with Crippen LogP contribution in [0.3, 0.4) is 0 Å². The summed E-state index contributed by atoms with van der Waals surface area (Å²) in [5.74, 6) is -10.3. The van der Waals surface area contributed by atoms with Gasteiger partial charge in [0.1, 0.15) is 66.2 Å². The zero-order valence-electron chi connectivity index (χ0n) is 52.9. The molecule has 25 nitrogen and oxygen atoms in total. The minimum atomic E-state index is -1.70. The Balaban J connectivity index is 1.46. The van der Waals surface area contributed by atoms with Crippen LogP contribution in [0.1, 0.15) is 102 Å². The monoisotopic (exact) mass is 1270 g/mol. The molecule has 496 valence electrons. The highest BCUT2D eigenvalue weighted by Crippen LogP contribution is 2.22. The summed E-state index contributed by atoms with van der Waals surface area (Å²) < 4.78 is 0. The van der Waals surface area contributed by atoms with Crippen molar-refractivity contribution in [2.24, 2.45) is 17.6 Å². The first-order valence-corrected chi connectivity index (χ1v) is 31.6. The van der Waals surface area contributed by atoms with Crippen LogP contribution in [-0.4, -0.2) is 167 Å². The molecule has 0 aliphatic carbocycles. The van der Waals surface area contributed by atoms with Crippen molar-refractivity contribution in [3.8, 4) is 5.75 Å². The van der Waals surface area contributed by atoms with Crippen LogP contribution in [0.2, 0.25) is 0 Å². The fourth-order valence-electron chi connectivity index (χ4n) is 10.9. The molecule has 4 aromatic rings. The summed E-state index contributed by atoms with van der Waals surface area (Å²) >= 11 is 0. The number of phenolic OH excluding ortho intramolecular Hbond substituents is 1. The first kappa shape index (κ1) is 71.8. The molecular formula is C67H90N12O13. The largest absolute Gasteiger partial charge is 0.508 e. The smallest absolute Gasteiger partial charge is 0.246 e. The molecule has 2 aliphatic heterocycles. The second-order valence-electron chi connectivity index (χ2n) is 24.1. The minimum absolute atomic E-state index is 0.0296. The molecule has 10 atom stereocenters. The number of amides is 11. The van der Waals surface area contributed by atoms with Crippen molar-refractivity contribution in [3.05, 3.63) is 138 Å². The van der Waals surface area contributed by atoms with Gasteiger partial charge in [-0.1, -0.05) is 138 Å². The number of fused-ring (bicyclic) bond motifs is 1. The SMILES string of the molecule is CCCNC(=O)C[C@H]1NC(=O)[C@@H](Cc2ccccc2)NC(=O)[C@@H](Cc2ccccc2)NC(=O)[C@@H]2CCCN2C(=O)[C@@H](Cc2ccccc2)NC(=O)[C@H](CO)NC(=O)[C@H](CCCN)NC(=O)[C@H](C(C)C)NC(=O)[C@H](Cc2ccc(O)cc2)NC(=O)[C@@H](CC(C)C)NC1=O. The van der Waals surface area contributed by atoms with Crippen LogP contribution in [-0.2, 0) is 78.4 Å². The molecule has 0 unspecified atom stereocenters. The van der Waals surface area contributed by atoms with Gasteiger partial charge in [0.05, 0.1) is 13.0 Å². The summed E-state index contributed by atoms with van der Waals surface area (Å²) in [5, 5.41) is 48.0. The Morgan fingerprint density at radius 2 is 0.935 bits per heavy atom. The molecule has 2 saturated heterocycles. The first-order valence-electron chi connectivity index (χ1n) is 31.6. The number of aliphatic hydroxyl groups is 1. The maximum absolute atomic E-state index is 15.0. The minimum Gasteiger partial charge on any atom is -0.508 e. The Morgan fingerprint density at radius 1 is 0.522 bits per heavy atom. The number of nitrogens with two attached hydrogens (primary N) is 1. The van der Waals surface area contributed by atoms with E-state index >= 15 is 0 Å². The lowest BCUT2D eigenvalue weighted by molar-refractivity contribution is -0.142. The fourth-order valence-corrected chi connectivity index (χ4v) is 10.9. The topological polar surface area (TPSA) is 378 Å². The normalized spacial score (nSPS) is 23.9. The van der Waals surface area contributed by atoms with Crippen LogP contribution in [0.5, 0.6) is 5.75 Å². The summed E-state index contributed by atoms with van der Waals surface area (Å²) in [5.41, 5.74) is 8.13. The first-order chi connectivity index (χ1) is 44.1. The number of aliphatic hydroxyl groups excluding tert-OH is 1. The quantitative estimate of drug-likeness (QED) is 0.0604. The highest BCUT2D eigenvalue weighted by atomic mass is 16.3. The molecule has 4 aromatic carbocycles. The fraction of sp³-hybridized carbons (Fsp3) is 0.478. The van der Waals surface area contributed by atoms with E-state index in [2.05, 4.69) is 53.2 Å². The number of nitrogens with zero attached hydrogens (tertiary/aromatic N) is 1. The summed E-state index contributed by atoms with van der Waals surface area (Å²) in [6, 6.07) is 17.3. The van der Waals surface area contributed by atoms with Gasteiger partial charge in [0, 0.05) is 38.8 Å². The highest BCUT2D eigenvalue weighted by Gasteiger charge is 2.42. The molecule has 14 N–H and O–H groups in total. The molecule has 2 aliphatic rings. The number of hydrogen-bond donors (Lipinski definition) is 13. The molecule has 0 spiro atoms. The Bertz CT molecular complexity index is 3140. The number of rotatable bonds is 19. The molecule has 92 heavy (non-hydrogen) atoms. The van der Waals surface area contributed by atoms with Crippen molar-refractivity contribution in [1.82, 2.24) is 58.1 Å². The molecule has 2 heterocycles. The molecule has 11 amide bonds. The van der Waals surface area contributed by atoms with Crippen LogP contribution in [0.15, 0.2) is 115 Å². The van der Waals surface area contributed by atoms with Crippen LogP contribution in [0.4, 0.5) is 0 Å². The zero-order valence-corrected chi connectivity index (χ0v) is 52.9. The van der Waals surface area contributed by atoms with E-state index in [9.17, 15) is 63.0 Å². The third-order valence-corrected chi connectivity index (χ3v) is 15.9. The second kappa shape index (κ2) is 36.0. The number of phenols is 1. The van der Waals surface area contributed by atoms with Crippen molar-refractivity contribution in [1.29, 1.82) is 0 Å². The van der Waals surface area contributed by atoms with Crippen LogP contribution >= 0.6 is 0 Å². The van der Waals surface area contributed by atoms with E-state index in [4.69, 9.17) is 5.73 Å². The van der Waals surface area contributed by atoms with Gasteiger partial charge in [-0.3, -0.25) is 52.7 Å². The summed E-state index contributed by atoms with van der Waals surface area (Å²) in [6.07, 6.45) is -0.103. The average Bonchev–Trinajstić information content (AvgIpc) is 1.70. The van der Waals surface area contributed by atoms with Crippen LogP contribution < -0.4 is 58.9 Å². The summed E-state index contributed by atoms with van der Waals surface area (Å²) in [7, 11) is 0. The molecule has 25 heteroatoms. The van der Waals surface area contributed by atoms with E-state index in [1.807, 2.05) is 6.92 Å². The standard InChI is InChI=1S/C67H90N12O13/c1-6-31-69-56(82)38-52-62(87)71-48(33-40(2)3)59(84)73-51(36-45-26-28-46(81)29-27-45)63(88)78-57(41(4)5)66(91)70-47(24-16-30-68)58(83)77-54(39-80)64(89)76-53(37-44-22-14-9-15-23-44)67(92)79-32-17-25-55(79)65(90)75-50(35-43-20-12-8-13-21-43)61(86)72-49(60(85)74-52)34-42-18-10-7-11-19-42/h7-15,18-23,26-29,40-41,47-55,57,80-81H,6,16-17,24-25,30-39,68H2,1-5H3,(H,69,82)(H,70,91)(H,71,87)(H,72,86)(H,73,84)(H,74,85)(H,75,90)(H,76,89)(H,77,83)(H,78,88)/t47-,48+,49+,50+,51-,52+,53+,54-,55-,57-/m0/s1. The number of aromatic hydroxyl groups is 1. The van der Waals surface area contributed by atoms with E-state index in [1.54, 1.807) is 119 Å². The van der Waals surface area contributed by atoms with Crippen molar-refractivity contribution in [2.75, 3.05) is 26.2 Å². The van der Waals surface area contributed by atoms with Crippen molar-refractivity contribution < 1.29 is 63.0 Å². The van der Waals surface area contributed by atoms with Crippen LogP contribution in [0.25, 0.3) is 0 Å². The zero-order chi connectivity index (χ0) is 66.9. The van der Waals surface area contributed by atoms with Gasteiger partial charge >= 0.3 is 0 Å². The highest BCUT2D eigenvalue weighted by molar-refractivity contribution is 6.00. The number of benzene rings is 4. The maximum atomic E-state index is 15.0. The Labute approximate surface area is 536 Å². The molecule has 0 bridgehead atoms. The maximum Gasteiger partial charge on any atom is 0.246 e. The van der Waals surface area contributed by atoms with Gasteiger partial charge in [0.25, 0.3) is 0 Å². The van der Waals surface area contributed by atoms with Crippen LogP contribution in [0, 0.1) is 11.8 Å². The van der Waals surface area contributed by atoms with E-state index in [0.717, 1.165) is 0 Å². The molecule has 0 radical (unpaired) electrons. The third-order valence-electron chi connectivity index (χ3n) is 15.9. The van der Waals surface area contributed by atoms with E-state index < -0.39 is 144 Å². The summed E-state index contributed by atoms with van der Waals surface area (Å²) in [6.45, 7) is 8.01. The Kier molecular flexibility index (Phi) is 28.1. The van der Waals surface area contributed by atoms with Gasteiger partial charge in [-0.25, -0.2) is 0 Å². The second-order valence-corrected chi connectivity index (χ2v) is 24.1. The van der Waals surface area contributed by atoms with E-state index in [0.29, 0.717) is 35.1 Å². The van der Waals surface area contributed by atoms with Gasteiger partial charge in [0.2, 0.25) is 65.0 Å².